The van der Waals surface area contributed by atoms with Crippen LogP contribution in [0, 0.1) is 0 Å². The second-order valence-corrected chi connectivity index (χ2v) is 6.86. The number of nitrogens with zero attached hydrogens (tertiary/aromatic N) is 1. The maximum atomic E-state index is 12.7. The van der Waals surface area contributed by atoms with E-state index in [4.69, 9.17) is 4.74 Å². The predicted molar refractivity (Wildman–Crippen MR) is 82.3 cm³/mol. The highest BCUT2D eigenvalue weighted by Crippen LogP contribution is 2.41. The molecule has 2 N–H and O–H groups in total. The monoisotopic (exact) mass is 330 g/mol. The minimum Gasteiger partial charge on any atom is -0.485 e. The van der Waals surface area contributed by atoms with E-state index < -0.39 is 17.6 Å². The number of ether oxygens (including phenoxy) is 1. The number of fused-ring (bicyclic) bond motifs is 3. The molecule has 7 heteroatoms. The van der Waals surface area contributed by atoms with Gasteiger partial charge in [-0.05, 0) is 31.0 Å². The van der Waals surface area contributed by atoms with Crippen molar-refractivity contribution in [3.8, 4) is 5.75 Å². The van der Waals surface area contributed by atoms with Crippen molar-refractivity contribution in [1.29, 1.82) is 0 Å². The van der Waals surface area contributed by atoms with Crippen LogP contribution in [0.2, 0.25) is 0 Å². The van der Waals surface area contributed by atoms with Gasteiger partial charge in [0, 0.05) is 30.5 Å². The van der Waals surface area contributed by atoms with Gasteiger partial charge in [-0.3, -0.25) is 19.7 Å². The van der Waals surface area contributed by atoms with E-state index in [1.807, 2.05) is 6.92 Å². The molecule has 126 valence electrons. The molecule has 1 aromatic rings. The molecular weight excluding hydrogens is 312 g/mol. The molecule has 0 saturated carbocycles. The summed E-state index contributed by atoms with van der Waals surface area (Å²) >= 11 is 0. The summed E-state index contributed by atoms with van der Waals surface area (Å²) in [6, 6.07) is 2.84. The van der Waals surface area contributed by atoms with Crippen LogP contribution in [0.4, 0.5) is 0 Å². The Balaban J connectivity index is 1.66. The highest BCUT2D eigenvalue weighted by Gasteiger charge is 2.43. The topological polar surface area (TPSA) is 95.9 Å². The van der Waals surface area contributed by atoms with Crippen molar-refractivity contribution in [2.45, 2.75) is 44.4 Å². The fourth-order valence-electron chi connectivity index (χ4n) is 3.73. The zero-order chi connectivity index (χ0) is 17.1. The average Bonchev–Trinajstić information content (AvgIpc) is 3.05. The lowest BCUT2D eigenvalue weighted by atomic mass is 9.95. The molecule has 1 saturated heterocycles. The standard InChI is InChI=1S/C17H18N2O5/c1-17(8-20)6-10-11-7-19(12-3-5-14(21)18-15(12)22)16(23)9(11)2-4-13(10)24-17/h2,4,12,20H,3,5-8H2,1H3,(H,18,21,22). The maximum Gasteiger partial charge on any atom is 0.255 e. The lowest BCUT2D eigenvalue weighted by Gasteiger charge is -2.29. The molecule has 7 nitrogen and oxygen atoms in total. The van der Waals surface area contributed by atoms with Crippen LogP contribution in [0.3, 0.4) is 0 Å². The molecule has 3 heterocycles. The van der Waals surface area contributed by atoms with Crippen LogP contribution in [0.25, 0.3) is 0 Å². The van der Waals surface area contributed by atoms with Crippen molar-refractivity contribution >= 4 is 17.7 Å². The summed E-state index contributed by atoms with van der Waals surface area (Å²) in [5, 5.41) is 11.8. The number of piperidine rings is 1. The Morgan fingerprint density at radius 1 is 1.33 bits per heavy atom. The zero-order valence-corrected chi connectivity index (χ0v) is 13.3. The number of rotatable bonds is 2. The number of nitrogens with one attached hydrogen (secondary N) is 1. The molecule has 0 spiro atoms. The third kappa shape index (κ3) is 2.11. The number of benzene rings is 1. The molecule has 2 atom stereocenters. The zero-order valence-electron chi connectivity index (χ0n) is 13.3. The van der Waals surface area contributed by atoms with Crippen LogP contribution in [0.5, 0.6) is 5.75 Å². The summed E-state index contributed by atoms with van der Waals surface area (Å²) in [7, 11) is 0. The van der Waals surface area contributed by atoms with Crippen LogP contribution >= 0.6 is 0 Å². The van der Waals surface area contributed by atoms with Crippen molar-refractivity contribution in [1.82, 2.24) is 10.2 Å². The molecule has 0 bridgehead atoms. The van der Waals surface area contributed by atoms with Crippen molar-refractivity contribution in [2.24, 2.45) is 0 Å². The van der Waals surface area contributed by atoms with Gasteiger partial charge in [0.25, 0.3) is 5.91 Å². The fraction of sp³-hybridized carbons (Fsp3) is 0.471. The summed E-state index contributed by atoms with van der Waals surface area (Å²) in [5.41, 5.74) is 1.68. The maximum absolute atomic E-state index is 12.7. The lowest BCUT2D eigenvalue weighted by molar-refractivity contribution is -0.136. The minimum absolute atomic E-state index is 0.110. The summed E-state index contributed by atoms with van der Waals surface area (Å²) in [5.74, 6) is -0.225. The van der Waals surface area contributed by atoms with E-state index in [9.17, 15) is 19.5 Å². The normalized spacial score (nSPS) is 28.5. The Kier molecular flexibility index (Phi) is 3.18. The van der Waals surface area contributed by atoms with Crippen molar-refractivity contribution in [3.63, 3.8) is 0 Å². The van der Waals surface area contributed by atoms with E-state index in [2.05, 4.69) is 5.32 Å². The van der Waals surface area contributed by atoms with Crippen LogP contribution < -0.4 is 10.1 Å². The van der Waals surface area contributed by atoms with Gasteiger partial charge in [0.05, 0.1) is 6.61 Å². The first-order chi connectivity index (χ1) is 11.4. The van der Waals surface area contributed by atoms with Gasteiger partial charge in [0.2, 0.25) is 11.8 Å². The van der Waals surface area contributed by atoms with Gasteiger partial charge in [-0.15, -0.1) is 0 Å². The molecule has 3 amide bonds. The van der Waals surface area contributed by atoms with E-state index in [-0.39, 0.29) is 24.8 Å². The lowest BCUT2D eigenvalue weighted by Crippen LogP contribution is -2.52. The molecule has 3 aliphatic heterocycles. The molecule has 0 radical (unpaired) electrons. The van der Waals surface area contributed by atoms with Crippen molar-refractivity contribution in [2.75, 3.05) is 6.61 Å². The number of hydrogen-bond donors (Lipinski definition) is 2. The third-order valence-corrected chi connectivity index (χ3v) is 5.04. The smallest absolute Gasteiger partial charge is 0.255 e. The van der Waals surface area contributed by atoms with E-state index in [1.165, 1.54) is 4.90 Å². The Labute approximate surface area is 138 Å². The van der Waals surface area contributed by atoms with Gasteiger partial charge in [-0.1, -0.05) is 0 Å². The van der Waals surface area contributed by atoms with Gasteiger partial charge in [0.15, 0.2) is 0 Å². The SMILES string of the molecule is CC1(CO)Cc2c(ccc3c2CN(C2CCC(=O)NC2=O)C3=O)O1. The molecule has 0 aliphatic carbocycles. The first kappa shape index (κ1) is 15.1. The van der Waals surface area contributed by atoms with Crippen LogP contribution in [0.1, 0.15) is 41.3 Å². The number of aliphatic hydroxyl groups is 1. The van der Waals surface area contributed by atoms with Gasteiger partial charge < -0.3 is 14.7 Å². The Hall–Kier alpha value is -2.41. The van der Waals surface area contributed by atoms with Gasteiger partial charge >= 0.3 is 0 Å². The highest BCUT2D eigenvalue weighted by atomic mass is 16.5. The molecule has 0 aromatic heterocycles. The van der Waals surface area contributed by atoms with E-state index >= 15 is 0 Å². The average molecular weight is 330 g/mol. The number of amides is 3. The largest absolute Gasteiger partial charge is 0.485 e. The van der Waals surface area contributed by atoms with E-state index in [0.29, 0.717) is 30.7 Å². The second-order valence-electron chi connectivity index (χ2n) is 6.86. The quantitative estimate of drug-likeness (QED) is 0.752. The number of hydrogen-bond acceptors (Lipinski definition) is 5. The van der Waals surface area contributed by atoms with E-state index in [1.54, 1.807) is 12.1 Å². The molecule has 24 heavy (non-hydrogen) atoms. The van der Waals surface area contributed by atoms with Gasteiger partial charge in [-0.2, -0.15) is 0 Å². The molecule has 3 aliphatic rings. The van der Waals surface area contributed by atoms with Crippen LogP contribution in [-0.4, -0.2) is 46.0 Å². The number of carbonyl (C=O) groups is 3. The predicted octanol–water partition coefficient (Wildman–Crippen LogP) is 0.134. The fourth-order valence-corrected chi connectivity index (χ4v) is 3.73. The van der Waals surface area contributed by atoms with Crippen LogP contribution in [-0.2, 0) is 22.6 Å². The first-order valence-corrected chi connectivity index (χ1v) is 8.01. The number of aliphatic hydroxyl groups excluding tert-OH is 1. The summed E-state index contributed by atoms with van der Waals surface area (Å²) in [6.45, 7) is 2.05. The van der Waals surface area contributed by atoms with Crippen LogP contribution in [0.15, 0.2) is 12.1 Å². The van der Waals surface area contributed by atoms with E-state index in [0.717, 1.165) is 11.1 Å². The molecule has 1 fully saturated rings. The first-order valence-electron chi connectivity index (χ1n) is 8.01. The Morgan fingerprint density at radius 3 is 2.83 bits per heavy atom. The highest BCUT2D eigenvalue weighted by molar-refractivity contribution is 6.05. The van der Waals surface area contributed by atoms with Gasteiger partial charge in [-0.25, -0.2) is 0 Å². The van der Waals surface area contributed by atoms with Gasteiger partial charge in [0.1, 0.15) is 17.4 Å². The minimum atomic E-state index is -0.678. The van der Waals surface area contributed by atoms with Crippen molar-refractivity contribution < 1.29 is 24.2 Å². The molecule has 2 unspecified atom stereocenters. The van der Waals surface area contributed by atoms with Crippen molar-refractivity contribution in [3.05, 3.63) is 28.8 Å². The Bertz CT molecular complexity index is 774. The summed E-state index contributed by atoms with van der Waals surface area (Å²) in [4.78, 5) is 37.7. The molecule has 1 aromatic carbocycles. The third-order valence-electron chi connectivity index (χ3n) is 5.04. The number of carbonyl (C=O) groups excluding carboxylic acids is 3. The molecular formula is C17H18N2O5. The summed E-state index contributed by atoms with van der Waals surface area (Å²) < 4.78 is 5.82. The number of imide groups is 1. The second kappa shape index (κ2) is 5.04. The summed E-state index contributed by atoms with van der Waals surface area (Å²) in [6.07, 6.45) is 1.11. The molecule has 4 rings (SSSR count). The Morgan fingerprint density at radius 2 is 2.12 bits per heavy atom.